The summed E-state index contributed by atoms with van der Waals surface area (Å²) in [6.45, 7) is 6.37. The van der Waals surface area contributed by atoms with E-state index in [-0.39, 0.29) is 5.91 Å². The quantitative estimate of drug-likeness (QED) is 0.527. The lowest BCUT2D eigenvalue weighted by Gasteiger charge is -2.21. The van der Waals surface area contributed by atoms with Crippen LogP contribution in [0.1, 0.15) is 77.0 Å². The van der Waals surface area contributed by atoms with Gasteiger partial charge in [0.05, 0.1) is 0 Å². The standard InChI is InChI=1S/C22H35N3O3/c1-22(2,3)21(28)25-18(20(26)27)12-8-6-4-5-7-11-17-14-13-16-10-9-15-23-19(16)24-17/h13-14,18H,4-12,15H2,1-3H3,(H,23,24)(H,25,28)(H,26,27). The third-order valence-corrected chi connectivity index (χ3v) is 5.16. The number of carbonyl (C=O) groups is 2. The Balaban J connectivity index is 1.62. The average molecular weight is 390 g/mol. The van der Waals surface area contributed by atoms with Crippen LogP contribution in [0, 0.1) is 5.41 Å². The number of carbonyl (C=O) groups excluding carboxylic acids is 1. The molecule has 3 N–H and O–H groups in total. The molecular weight excluding hydrogens is 354 g/mol. The molecule has 1 aromatic heterocycles. The first-order chi connectivity index (χ1) is 13.3. The summed E-state index contributed by atoms with van der Waals surface area (Å²) in [5, 5.41) is 15.3. The summed E-state index contributed by atoms with van der Waals surface area (Å²) in [7, 11) is 0. The highest BCUT2D eigenvalue weighted by atomic mass is 16.4. The maximum absolute atomic E-state index is 12.0. The molecule has 2 rings (SSSR count). The zero-order valence-corrected chi connectivity index (χ0v) is 17.5. The van der Waals surface area contributed by atoms with Gasteiger partial charge in [0.1, 0.15) is 11.9 Å². The summed E-state index contributed by atoms with van der Waals surface area (Å²) in [5.41, 5.74) is 1.89. The van der Waals surface area contributed by atoms with Crippen molar-refractivity contribution >= 4 is 17.7 Å². The number of nitrogens with zero attached hydrogens (tertiary/aromatic N) is 1. The lowest BCUT2D eigenvalue weighted by atomic mass is 9.94. The van der Waals surface area contributed by atoms with Crippen molar-refractivity contribution in [1.29, 1.82) is 0 Å². The van der Waals surface area contributed by atoms with E-state index >= 15 is 0 Å². The van der Waals surface area contributed by atoms with Gasteiger partial charge in [0.25, 0.3) is 0 Å². The first-order valence-electron chi connectivity index (χ1n) is 10.5. The lowest BCUT2D eigenvalue weighted by Crippen LogP contribution is -2.45. The summed E-state index contributed by atoms with van der Waals surface area (Å²) in [6.07, 6.45) is 8.82. The van der Waals surface area contributed by atoms with Crippen molar-refractivity contribution in [2.75, 3.05) is 11.9 Å². The van der Waals surface area contributed by atoms with Gasteiger partial charge in [-0.05, 0) is 43.7 Å². The third kappa shape index (κ3) is 7.13. The Bertz CT molecular complexity index is 667. The zero-order chi connectivity index (χ0) is 20.6. The number of amides is 1. The smallest absolute Gasteiger partial charge is 0.326 e. The summed E-state index contributed by atoms with van der Waals surface area (Å²) in [4.78, 5) is 28.1. The SMILES string of the molecule is CC(C)(C)C(=O)NC(CCCCCCCc1ccc2c(n1)NCCC2)C(=O)O. The molecule has 0 aromatic carbocycles. The minimum absolute atomic E-state index is 0.216. The van der Waals surface area contributed by atoms with Gasteiger partial charge in [-0.1, -0.05) is 52.5 Å². The predicted octanol–water partition coefficient (Wildman–Crippen LogP) is 3.94. The Morgan fingerprint density at radius 1 is 1.18 bits per heavy atom. The number of aliphatic carboxylic acids is 1. The summed E-state index contributed by atoms with van der Waals surface area (Å²) in [6, 6.07) is 3.54. The molecule has 156 valence electrons. The largest absolute Gasteiger partial charge is 0.480 e. The number of aryl methyl sites for hydroxylation is 2. The van der Waals surface area contributed by atoms with Gasteiger partial charge in [0, 0.05) is 17.7 Å². The molecule has 6 nitrogen and oxygen atoms in total. The Hall–Kier alpha value is -2.11. The number of carboxylic acid groups (broad SMARTS) is 1. The van der Waals surface area contributed by atoms with E-state index in [9.17, 15) is 14.7 Å². The van der Waals surface area contributed by atoms with Gasteiger partial charge in [0.2, 0.25) is 5.91 Å². The molecule has 0 aliphatic carbocycles. The Kier molecular flexibility index (Phi) is 8.27. The third-order valence-electron chi connectivity index (χ3n) is 5.16. The average Bonchev–Trinajstić information content (AvgIpc) is 2.65. The summed E-state index contributed by atoms with van der Waals surface area (Å²) >= 11 is 0. The highest BCUT2D eigenvalue weighted by Crippen LogP contribution is 2.20. The van der Waals surface area contributed by atoms with Crippen molar-refractivity contribution in [1.82, 2.24) is 10.3 Å². The number of anilines is 1. The van der Waals surface area contributed by atoms with Crippen molar-refractivity contribution in [3.8, 4) is 0 Å². The highest BCUT2D eigenvalue weighted by molar-refractivity contribution is 5.86. The van der Waals surface area contributed by atoms with E-state index in [0.717, 1.165) is 63.0 Å². The van der Waals surface area contributed by atoms with E-state index in [1.165, 1.54) is 12.0 Å². The second-order valence-corrected chi connectivity index (χ2v) is 8.76. The maximum atomic E-state index is 12.0. The summed E-state index contributed by atoms with van der Waals surface area (Å²) < 4.78 is 0. The molecule has 1 aliphatic heterocycles. The van der Waals surface area contributed by atoms with Gasteiger partial charge in [0.15, 0.2) is 0 Å². The minimum Gasteiger partial charge on any atom is -0.480 e. The molecule has 1 unspecified atom stereocenters. The van der Waals surface area contributed by atoms with E-state index < -0.39 is 17.4 Å². The van der Waals surface area contributed by atoms with E-state index in [0.29, 0.717) is 6.42 Å². The van der Waals surface area contributed by atoms with E-state index in [1.807, 2.05) is 0 Å². The fraction of sp³-hybridized carbons (Fsp3) is 0.682. The molecule has 1 aromatic rings. The molecule has 2 heterocycles. The second-order valence-electron chi connectivity index (χ2n) is 8.76. The minimum atomic E-state index is -0.954. The van der Waals surface area contributed by atoms with Crippen LogP contribution in [0.15, 0.2) is 12.1 Å². The van der Waals surface area contributed by atoms with Gasteiger partial charge in [-0.15, -0.1) is 0 Å². The van der Waals surface area contributed by atoms with Gasteiger partial charge >= 0.3 is 5.97 Å². The van der Waals surface area contributed by atoms with Crippen LogP contribution in [-0.4, -0.2) is 34.6 Å². The van der Waals surface area contributed by atoms with Crippen molar-refractivity contribution in [3.63, 3.8) is 0 Å². The van der Waals surface area contributed by atoms with Crippen LogP contribution in [0.25, 0.3) is 0 Å². The van der Waals surface area contributed by atoms with E-state index in [2.05, 4.69) is 22.8 Å². The molecule has 1 aliphatic rings. The number of rotatable bonds is 10. The normalized spacial score (nSPS) is 14.7. The first-order valence-corrected chi connectivity index (χ1v) is 10.5. The van der Waals surface area contributed by atoms with Crippen molar-refractivity contribution in [2.45, 2.75) is 84.6 Å². The van der Waals surface area contributed by atoms with Crippen LogP contribution in [0.2, 0.25) is 0 Å². The molecule has 0 saturated heterocycles. The molecular formula is C22H35N3O3. The van der Waals surface area contributed by atoms with Crippen LogP contribution in [0.5, 0.6) is 0 Å². The topological polar surface area (TPSA) is 91.3 Å². The Morgan fingerprint density at radius 3 is 2.61 bits per heavy atom. The first kappa shape index (κ1) is 22.2. The van der Waals surface area contributed by atoms with Crippen LogP contribution in [0.3, 0.4) is 0 Å². The number of aromatic nitrogens is 1. The number of hydrogen-bond donors (Lipinski definition) is 3. The Morgan fingerprint density at radius 2 is 1.89 bits per heavy atom. The van der Waals surface area contributed by atoms with E-state index in [4.69, 9.17) is 4.98 Å². The zero-order valence-electron chi connectivity index (χ0n) is 17.5. The molecule has 0 fully saturated rings. The number of nitrogens with one attached hydrogen (secondary N) is 2. The van der Waals surface area contributed by atoms with Crippen LogP contribution >= 0.6 is 0 Å². The molecule has 1 amide bonds. The van der Waals surface area contributed by atoms with Gasteiger partial charge in [-0.2, -0.15) is 0 Å². The van der Waals surface area contributed by atoms with Crippen molar-refractivity contribution < 1.29 is 14.7 Å². The number of pyridine rings is 1. The molecule has 28 heavy (non-hydrogen) atoms. The van der Waals surface area contributed by atoms with Crippen LogP contribution in [0.4, 0.5) is 5.82 Å². The fourth-order valence-corrected chi connectivity index (χ4v) is 3.33. The number of fused-ring (bicyclic) bond motifs is 1. The van der Waals surface area contributed by atoms with E-state index in [1.54, 1.807) is 20.8 Å². The molecule has 0 saturated carbocycles. The number of unbranched alkanes of at least 4 members (excludes halogenated alkanes) is 4. The van der Waals surface area contributed by atoms with Crippen molar-refractivity contribution in [3.05, 3.63) is 23.4 Å². The van der Waals surface area contributed by atoms with Crippen LogP contribution in [-0.2, 0) is 22.4 Å². The fourth-order valence-electron chi connectivity index (χ4n) is 3.33. The lowest BCUT2D eigenvalue weighted by molar-refractivity contribution is -0.143. The number of hydrogen-bond acceptors (Lipinski definition) is 4. The molecule has 6 heteroatoms. The number of carboxylic acids is 1. The second kappa shape index (κ2) is 10.4. The van der Waals surface area contributed by atoms with Gasteiger partial charge in [-0.25, -0.2) is 9.78 Å². The maximum Gasteiger partial charge on any atom is 0.326 e. The monoisotopic (exact) mass is 389 g/mol. The Labute approximate surface area is 168 Å². The molecule has 0 radical (unpaired) electrons. The molecule has 0 spiro atoms. The predicted molar refractivity (Wildman–Crippen MR) is 111 cm³/mol. The molecule has 0 bridgehead atoms. The highest BCUT2D eigenvalue weighted by Gasteiger charge is 2.26. The van der Waals surface area contributed by atoms with Crippen molar-refractivity contribution in [2.24, 2.45) is 5.41 Å². The van der Waals surface area contributed by atoms with Gasteiger partial charge < -0.3 is 15.7 Å². The van der Waals surface area contributed by atoms with Gasteiger partial charge in [-0.3, -0.25) is 4.79 Å². The molecule has 1 atom stereocenters. The summed E-state index contributed by atoms with van der Waals surface area (Å²) in [5.74, 6) is -0.114. The van der Waals surface area contributed by atoms with Crippen LogP contribution < -0.4 is 10.6 Å².